The van der Waals surface area contributed by atoms with Gasteiger partial charge in [0, 0.05) is 8.95 Å². The number of halogens is 3. The van der Waals surface area contributed by atoms with Crippen molar-refractivity contribution in [2.75, 3.05) is 10.0 Å². The molecule has 10 heteroatoms. The van der Waals surface area contributed by atoms with Crippen molar-refractivity contribution in [3.05, 3.63) is 50.4 Å². The summed E-state index contributed by atoms with van der Waals surface area (Å²) in [6.07, 6.45) is 0. The fourth-order valence-electron chi connectivity index (χ4n) is 1.82. The number of anilines is 2. The van der Waals surface area contributed by atoms with E-state index in [9.17, 15) is 18.3 Å². The van der Waals surface area contributed by atoms with Crippen LogP contribution >= 0.6 is 43.5 Å². The highest BCUT2D eigenvalue weighted by molar-refractivity contribution is 9.11. The van der Waals surface area contributed by atoms with Gasteiger partial charge in [0.2, 0.25) is 0 Å². The van der Waals surface area contributed by atoms with Gasteiger partial charge in [-0.25, -0.2) is 8.42 Å². The molecule has 6 nitrogen and oxygen atoms in total. The van der Waals surface area contributed by atoms with Crippen LogP contribution in [0.2, 0.25) is 5.02 Å². The van der Waals surface area contributed by atoms with Gasteiger partial charge in [-0.2, -0.15) is 0 Å². The van der Waals surface area contributed by atoms with Gasteiger partial charge in [-0.1, -0.05) is 27.5 Å². The summed E-state index contributed by atoms with van der Waals surface area (Å²) in [6, 6.07) is 8.89. The van der Waals surface area contributed by atoms with E-state index in [-0.39, 0.29) is 15.6 Å². The number of nitrogens with one attached hydrogen (secondary N) is 2. The van der Waals surface area contributed by atoms with Gasteiger partial charge in [0.05, 0.1) is 21.3 Å². The van der Waals surface area contributed by atoms with Gasteiger partial charge in [0.15, 0.2) is 0 Å². The largest absolute Gasteiger partial charge is 0.381 e. The highest BCUT2D eigenvalue weighted by atomic mass is 79.9. The number of carbonyl (C=O) groups is 1. The summed E-state index contributed by atoms with van der Waals surface area (Å²) in [5.74, 6) is -0.660. The Balaban J connectivity index is 2.28. The highest BCUT2D eigenvalue weighted by Crippen LogP contribution is 2.30. The number of carbonyl (C=O) groups excluding carboxylic acids is 1. The predicted octanol–water partition coefficient (Wildman–Crippen LogP) is 4.38. The molecule has 0 radical (unpaired) electrons. The van der Waals surface area contributed by atoms with E-state index in [4.69, 9.17) is 11.6 Å². The number of aliphatic hydroxyl groups is 1. The van der Waals surface area contributed by atoms with E-state index in [0.717, 1.165) is 4.47 Å². The highest BCUT2D eigenvalue weighted by Gasteiger charge is 2.25. The van der Waals surface area contributed by atoms with Crippen LogP contribution in [0.5, 0.6) is 0 Å². The minimum absolute atomic E-state index is 0.0281. The van der Waals surface area contributed by atoms with Crippen LogP contribution in [0.3, 0.4) is 0 Å². The van der Waals surface area contributed by atoms with Gasteiger partial charge in [-0.3, -0.25) is 9.52 Å². The van der Waals surface area contributed by atoms with E-state index in [1.54, 1.807) is 18.2 Å². The summed E-state index contributed by atoms with van der Waals surface area (Å²) >= 11 is 12.7. The topological polar surface area (TPSA) is 95.5 Å². The molecule has 140 valence electrons. The van der Waals surface area contributed by atoms with Crippen molar-refractivity contribution >= 4 is 70.8 Å². The zero-order valence-corrected chi connectivity index (χ0v) is 18.4. The van der Waals surface area contributed by atoms with Crippen LogP contribution in [0, 0.1) is 0 Å². The molecule has 0 heterocycles. The molecular formula is C16H15Br2ClN2O4S. The standard InChI is InChI=1S/C16H15Br2ClN2O4S/c1-16(2,23)15(22)20-14-6-4-10(8-12(14)19)26(24,25)21-13-5-3-9(17)7-11(13)18/h3-8,21,23H,1-2H3,(H,20,22). The molecule has 2 aromatic carbocycles. The lowest BCUT2D eigenvalue weighted by Gasteiger charge is -2.17. The first-order valence-electron chi connectivity index (χ1n) is 7.21. The van der Waals surface area contributed by atoms with E-state index in [2.05, 4.69) is 41.9 Å². The van der Waals surface area contributed by atoms with E-state index < -0.39 is 21.5 Å². The fourth-order valence-corrected chi connectivity index (χ4v) is 4.49. The second-order valence-electron chi connectivity index (χ2n) is 5.88. The maximum absolute atomic E-state index is 12.6. The minimum Gasteiger partial charge on any atom is -0.381 e. The summed E-state index contributed by atoms with van der Waals surface area (Å²) in [5, 5.41) is 12.1. The third-order valence-corrected chi connectivity index (χ3v) is 6.06. The van der Waals surface area contributed by atoms with Crippen LogP contribution < -0.4 is 10.0 Å². The minimum atomic E-state index is -3.89. The van der Waals surface area contributed by atoms with Crippen molar-refractivity contribution in [3.63, 3.8) is 0 Å². The monoisotopic (exact) mass is 524 g/mol. The van der Waals surface area contributed by atoms with Crippen molar-refractivity contribution in [1.29, 1.82) is 0 Å². The number of amides is 1. The first-order chi connectivity index (χ1) is 11.9. The summed E-state index contributed by atoms with van der Waals surface area (Å²) in [4.78, 5) is 11.7. The molecule has 1 amide bonds. The smallest absolute Gasteiger partial charge is 0.261 e. The first-order valence-corrected chi connectivity index (χ1v) is 10.7. The average molecular weight is 527 g/mol. The molecule has 0 fully saturated rings. The SMILES string of the molecule is CC(C)(O)C(=O)Nc1ccc(S(=O)(=O)Nc2ccc(Br)cc2Br)cc1Cl. The fraction of sp³-hybridized carbons (Fsp3) is 0.188. The second kappa shape index (κ2) is 7.85. The number of benzene rings is 2. The third kappa shape index (κ3) is 5.20. The van der Waals surface area contributed by atoms with Gasteiger partial charge >= 0.3 is 0 Å². The Labute approximate surface area is 173 Å². The molecule has 2 rings (SSSR count). The van der Waals surface area contributed by atoms with Crippen molar-refractivity contribution in [3.8, 4) is 0 Å². The lowest BCUT2D eigenvalue weighted by Crippen LogP contribution is -2.36. The van der Waals surface area contributed by atoms with Crippen LogP contribution in [-0.4, -0.2) is 25.0 Å². The van der Waals surface area contributed by atoms with Gasteiger partial charge in [-0.05, 0) is 66.2 Å². The molecule has 0 aliphatic heterocycles. The molecule has 0 aromatic heterocycles. The molecule has 0 aliphatic rings. The number of hydrogen-bond acceptors (Lipinski definition) is 4. The molecule has 26 heavy (non-hydrogen) atoms. The van der Waals surface area contributed by atoms with Gasteiger partial charge in [0.25, 0.3) is 15.9 Å². The molecule has 3 N–H and O–H groups in total. The normalized spacial score (nSPS) is 11.9. The molecule has 0 saturated heterocycles. The van der Waals surface area contributed by atoms with Crippen molar-refractivity contribution in [2.45, 2.75) is 24.3 Å². The molecule has 2 aromatic rings. The van der Waals surface area contributed by atoms with Crippen molar-refractivity contribution in [1.82, 2.24) is 0 Å². The lowest BCUT2D eigenvalue weighted by atomic mass is 10.1. The van der Waals surface area contributed by atoms with Crippen LogP contribution in [0.25, 0.3) is 0 Å². The molecule has 0 unspecified atom stereocenters. The zero-order valence-electron chi connectivity index (χ0n) is 13.7. The lowest BCUT2D eigenvalue weighted by molar-refractivity contribution is -0.130. The van der Waals surface area contributed by atoms with Crippen LogP contribution in [0.1, 0.15) is 13.8 Å². The van der Waals surface area contributed by atoms with Gasteiger partial charge in [-0.15, -0.1) is 0 Å². The molecule has 0 saturated carbocycles. The van der Waals surface area contributed by atoms with Crippen LogP contribution in [0.4, 0.5) is 11.4 Å². The Morgan fingerprint density at radius 1 is 1.12 bits per heavy atom. The van der Waals surface area contributed by atoms with E-state index in [1.807, 2.05) is 0 Å². The summed E-state index contributed by atoms with van der Waals surface area (Å²) in [7, 11) is -3.89. The number of sulfonamides is 1. The average Bonchev–Trinajstić information content (AvgIpc) is 2.51. The van der Waals surface area contributed by atoms with Crippen molar-refractivity contribution in [2.24, 2.45) is 0 Å². The first kappa shape index (κ1) is 21.2. The zero-order chi connectivity index (χ0) is 19.7. The molecule has 0 bridgehead atoms. The Morgan fingerprint density at radius 2 is 1.73 bits per heavy atom. The van der Waals surface area contributed by atoms with Gasteiger partial charge in [0.1, 0.15) is 5.60 Å². The number of rotatable bonds is 5. The van der Waals surface area contributed by atoms with E-state index in [1.165, 1.54) is 32.0 Å². The third-order valence-electron chi connectivity index (χ3n) is 3.23. The predicted molar refractivity (Wildman–Crippen MR) is 109 cm³/mol. The molecule has 0 aliphatic carbocycles. The summed E-state index contributed by atoms with van der Waals surface area (Å²) < 4.78 is 28.9. The van der Waals surface area contributed by atoms with Crippen LogP contribution in [-0.2, 0) is 14.8 Å². The molecular weight excluding hydrogens is 512 g/mol. The van der Waals surface area contributed by atoms with E-state index in [0.29, 0.717) is 10.2 Å². The summed E-state index contributed by atoms with van der Waals surface area (Å²) in [5.41, 5.74) is -1.03. The van der Waals surface area contributed by atoms with Crippen LogP contribution in [0.15, 0.2) is 50.2 Å². The van der Waals surface area contributed by atoms with Crippen molar-refractivity contribution < 1.29 is 18.3 Å². The maximum atomic E-state index is 12.6. The second-order valence-corrected chi connectivity index (χ2v) is 9.74. The molecule has 0 spiro atoms. The Kier molecular flexibility index (Phi) is 6.40. The van der Waals surface area contributed by atoms with Gasteiger partial charge < -0.3 is 10.4 Å². The maximum Gasteiger partial charge on any atom is 0.261 e. The Bertz CT molecular complexity index is 959. The molecule has 0 atom stereocenters. The summed E-state index contributed by atoms with van der Waals surface area (Å²) in [6.45, 7) is 2.66. The Morgan fingerprint density at radius 3 is 2.27 bits per heavy atom. The number of hydrogen-bond donors (Lipinski definition) is 3. The quantitative estimate of drug-likeness (QED) is 0.539. The van der Waals surface area contributed by atoms with E-state index >= 15 is 0 Å². The Hall–Kier alpha value is -1.13.